The van der Waals surface area contributed by atoms with Gasteiger partial charge < -0.3 is 10.0 Å². The summed E-state index contributed by atoms with van der Waals surface area (Å²) in [5, 5.41) is 9.51. The SMILES string of the molecule is O=C(O)CN1C(=O)CCc2cc(Cl)c(Cl)cc21. The topological polar surface area (TPSA) is 57.6 Å². The average Bonchev–Trinajstić information content (AvgIpc) is 2.25. The number of nitrogens with zero attached hydrogens (tertiary/aromatic N) is 1. The number of aryl methyl sites for hydroxylation is 1. The van der Waals surface area contributed by atoms with Crippen LogP contribution in [0.3, 0.4) is 0 Å². The third kappa shape index (κ3) is 2.37. The fourth-order valence-corrected chi connectivity index (χ4v) is 2.19. The normalized spacial score (nSPS) is 14.7. The van der Waals surface area contributed by atoms with Crippen molar-refractivity contribution in [1.82, 2.24) is 0 Å². The van der Waals surface area contributed by atoms with E-state index in [0.29, 0.717) is 22.2 Å². The molecular formula is C11H9Cl2NO3. The van der Waals surface area contributed by atoms with E-state index in [0.717, 1.165) is 5.56 Å². The zero-order valence-electron chi connectivity index (χ0n) is 8.74. The van der Waals surface area contributed by atoms with Crippen LogP contribution in [0.25, 0.3) is 0 Å². The lowest BCUT2D eigenvalue weighted by molar-refractivity contribution is -0.136. The highest BCUT2D eigenvalue weighted by Gasteiger charge is 2.26. The zero-order chi connectivity index (χ0) is 12.6. The molecule has 1 amide bonds. The summed E-state index contributed by atoms with van der Waals surface area (Å²) in [5.41, 5.74) is 1.39. The molecular weight excluding hydrogens is 265 g/mol. The van der Waals surface area contributed by atoms with Gasteiger partial charge in [0.25, 0.3) is 0 Å². The monoisotopic (exact) mass is 273 g/mol. The van der Waals surface area contributed by atoms with Crippen LogP contribution >= 0.6 is 23.2 Å². The average molecular weight is 274 g/mol. The number of carboxylic acid groups (broad SMARTS) is 1. The molecule has 1 N–H and O–H groups in total. The Morgan fingerprint density at radius 3 is 2.59 bits per heavy atom. The molecule has 0 fully saturated rings. The minimum absolute atomic E-state index is 0.210. The zero-order valence-corrected chi connectivity index (χ0v) is 10.3. The maximum atomic E-state index is 11.7. The Balaban J connectivity index is 2.47. The second-order valence-electron chi connectivity index (χ2n) is 3.77. The van der Waals surface area contributed by atoms with Crippen LogP contribution in [0.2, 0.25) is 10.0 Å². The Bertz CT molecular complexity index is 502. The van der Waals surface area contributed by atoms with Crippen molar-refractivity contribution in [1.29, 1.82) is 0 Å². The van der Waals surface area contributed by atoms with Crippen molar-refractivity contribution >= 4 is 40.8 Å². The quantitative estimate of drug-likeness (QED) is 0.900. The molecule has 0 aliphatic carbocycles. The first-order valence-electron chi connectivity index (χ1n) is 4.99. The summed E-state index contributed by atoms with van der Waals surface area (Å²) in [6.07, 6.45) is 0.847. The van der Waals surface area contributed by atoms with Gasteiger partial charge in [-0.05, 0) is 24.1 Å². The molecule has 17 heavy (non-hydrogen) atoms. The predicted molar refractivity (Wildman–Crippen MR) is 64.8 cm³/mol. The van der Waals surface area contributed by atoms with Crippen molar-refractivity contribution in [2.75, 3.05) is 11.4 Å². The molecule has 1 aromatic carbocycles. The van der Waals surface area contributed by atoms with Gasteiger partial charge in [-0.25, -0.2) is 0 Å². The number of halogens is 2. The number of hydrogen-bond acceptors (Lipinski definition) is 2. The molecule has 0 saturated heterocycles. The summed E-state index contributed by atoms with van der Waals surface area (Å²) in [6, 6.07) is 3.22. The number of carbonyl (C=O) groups is 2. The number of amides is 1. The van der Waals surface area contributed by atoms with E-state index in [-0.39, 0.29) is 18.9 Å². The van der Waals surface area contributed by atoms with E-state index < -0.39 is 5.97 Å². The molecule has 0 radical (unpaired) electrons. The van der Waals surface area contributed by atoms with Gasteiger partial charge in [0.05, 0.1) is 10.0 Å². The van der Waals surface area contributed by atoms with E-state index in [2.05, 4.69) is 0 Å². The minimum Gasteiger partial charge on any atom is -0.480 e. The lowest BCUT2D eigenvalue weighted by atomic mass is 10.0. The fraction of sp³-hybridized carbons (Fsp3) is 0.273. The largest absolute Gasteiger partial charge is 0.480 e. The first kappa shape index (κ1) is 12.2. The Hall–Kier alpha value is -1.26. The molecule has 0 atom stereocenters. The lowest BCUT2D eigenvalue weighted by Gasteiger charge is -2.28. The van der Waals surface area contributed by atoms with Crippen LogP contribution in [0.1, 0.15) is 12.0 Å². The highest BCUT2D eigenvalue weighted by atomic mass is 35.5. The summed E-state index contributed by atoms with van der Waals surface area (Å²) >= 11 is 11.8. The molecule has 1 aliphatic rings. The third-order valence-electron chi connectivity index (χ3n) is 2.61. The van der Waals surface area contributed by atoms with Crippen LogP contribution in [0.15, 0.2) is 12.1 Å². The number of carbonyl (C=O) groups excluding carboxylic acids is 1. The fourth-order valence-electron chi connectivity index (χ4n) is 1.85. The Morgan fingerprint density at radius 2 is 1.94 bits per heavy atom. The van der Waals surface area contributed by atoms with Crippen LogP contribution < -0.4 is 4.90 Å². The van der Waals surface area contributed by atoms with Gasteiger partial charge in [0, 0.05) is 12.1 Å². The molecule has 1 aromatic rings. The molecule has 6 heteroatoms. The number of benzene rings is 1. The van der Waals surface area contributed by atoms with Crippen molar-refractivity contribution < 1.29 is 14.7 Å². The smallest absolute Gasteiger partial charge is 0.323 e. The molecule has 90 valence electrons. The maximum Gasteiger partial charge on any atom is 0.323 e. The number of aliphatic carboxylic acids is 1. The minimum atomic E-state index is -1.06. The van der Waals surface area contributed by atoms with E-state index in [9.17, 15) is 9.59 Å². The number of rotatable bonds is 2. The second-order valence-corrected chi connectivity index (χ2v) is 4.58. The van der Waals surface area contributed by atoms with Gasteiger partial charge in [-0.2, -0.15) is 0 Å². The second kappa shape index (κ2) is 4.55. The third-order valence-corrected chi connectivity index (χ3v) is 3.34. The Morgan fingerprint density at radius 1 is 1.29 bits per heavy atom. The number of hydrogen-bond donors (Lipinski definition) is 1. The van der Waals surface area contributed by atoms with Gasteiger partial charge >= 0.3 is 5.97 Å². The number of anilines is 1. The van der Waals surface area contributed by atoms with E-state index in [1.165, 1.54) is 4.90 Å². The van der Waals surface area contributed by atoms with Crippen LogP contribution in [-0.2, 0) is 16.0 Å². The van der Waals surface area contributed by atoms with Gasteiger partial charge in [0.2, 0.25) is 5.91 Å². The van der Waals surface area contributed by atoms with Crippen LogP contribution in [0.5, 0.6) is 0 Å². The Kier molecular flexibility index (Phi) is 3.26. The van der Waals surface area contributed by atoms with Crippen molar-refractivity contribution in [3.63, 3.8) is 0 Å². The van der Waals surface area contributed by atoms with Crippen LogP contribution in [0, 0.1) is 0 Å². The summed E-state index contributed by atoms with van der Waals surface area (Å²) < 4.78 is 0. The Labute approximate surface area is 108 Å². The molecule has 0 spiro atoms. The van der Waals surface area contributed by atoms with Crippen molar-refractivity contribution in [2.45, 2.75) is 12.8 Å². The van der Waals surface area contributed by atoms with E-state index >= 15 is 0 Å². The van der Waals surface area contributed by atoms with Gasteiger partial charge in [-0.15, -0.1) is 0 Å². The van der Waals surface area contributed by atoms with E-state index in [1.54, 1.807) is 12.1 Å². The predicted octanol–water partition coefficient (Wildman–Crippen LogP) is 2.36. The molecule has 0 unspecified atom stereocenters. The lowest BCUT2D eigenvalue weighted by Crippen LogP contribution is -2.39. The van der Waals surface area contributed by atoms with Gasteiger partial charge in [0.15, 0.2) is 0 Å². The first-order valence-corrected chi connectivity index (χ1v) is 5.74. The first-order chi connectivity index (χ1) is 7.99. The number of carboxylic acids is 1. The molecule has 2 rings (SSSR count). The summed E-state index contributed by atoms with van der Waals surface area (Å²) in [6.45, 7) is -0.357. The molecule has 0 aromatic heterocycles. The standard InChI is InChI=1S/C11H9Cl2NO3/c12-7-3-6-1-2-10(15)14(5-11(16)17)9(6)4-8(7)13/h3-4H,1-2,5H2,(H,16,17). The van der Waals surface area contributed by atoms with Gasteiger partial charge in [0.1, 0.15) is 6.54 Å². The summed E-state index contributed by atoms with van der Waals surface area (Å²) in [7, 11) is 0. The summed E-state index contributed by atoms with van der Waals surface area (Å²) in [4.78, 5) is 23.6. The van der Waals surface area contributed by atoms with Gasteiger partial charge in [-0.3, -0.25) is 9.59 Å². The van der Waals surface area contributed by atoms with Gasteiger partial charge in [-0.1, -0.05) is 23.2 Å². The van der Waals surface area contributed by atoms with E-state index in [1.807, 2.05) is 0 Å². The maximum absolute atomic E-state index is 11.7. The van der Waals surface area contributed by atoms with Crippen molar-refractivity contribution in [2.24, 2.45) is 0 Å². The molecule has 1 heterocycles. The summed E-state index contributed by atoms with van der Waals surface area (Å²) in [5.74, 6) is -1.27. The van der Waals surface area contributed by atoms with E-state index in [4.69, 9.17) is 28.3 Å². The molecule has 0 saturated carbocycles. The highest BCUT2D eigenvalue weighted by molar-refractivity contribution is 6.42. The van der Waals surface area contributed by atoms with Crippen LogP contribution in [0.4, 0.5) is 5.69 Å². The van der Waals surface area contributed by atoms with Crippen molar-refractivity contribution in [3.8, 4) is 0 Å². The highest BCUT2D eigenvalue weighted by Crippen LogP contribution is 2.34. The molecule has 4 nitrogen and oxygen atoms in total. The van der Waals surface area contributed by atoms with Crippen molar-refractivity contribution in [3.05, 3.63) is 27.7 Å². The van der Waals surface area contributed by atoms with Crippen LogP contribution in [-0.4, -0.2) is 23.5 Å². The molecule has 0 bridgehead atoms. The molecule has 1 aliphatic heterocycles. The number of fused-ring (bicyclic) bond motifs is 1.